The fraction of sp³-hybridized carbons (Fsp3) is 0.583. The molecule has 0 amide bonds. The van der Waals surface area contributed by atoms with Crippen LogP contribution < -0.4 is 4.90 Å². The Balaban J connectivity index is 2.27. The van der Waals surface area contributed by atoms with Gasteiger partial charge in [0.2, 0.25) is 5.95 Å². The van der Waals surface area contributed by atoms with Crippen molar-refractivity contribution in [3.05, 3.63) is 17.5 Å². The van der Waals surface area contributed by atoms with E-state index in [2.05, 4.69) is 9.97 Å². The van der Waals surface area contributed by atoms with E-state index in [-0.39, 0.29) is 12.0 Å². The van der Waals surface area contributed by atoms with Crippen molar-refractivity contribution in [2.75, 3.05) is 11.4 Å². The van der Waals surface area contributed by atoms with E-state index in [1.807, 2.05) is 31.7 Å². The summed E-state index contributed by atoms with van der Waals surface area (Å²) in [6.07, 6.45) is 0.660. The topological polar surface area (TPSA) is 66.3 Å². The van der Waals surface area contributed by atoms with E-state index in [9.17, 15) is 4.79 Å². The zero-order valence-corrected chi connectivity index (χ0v) is 10.3. The first-order chi connectivity index (χ1) is 7.99. The highest BCUT2D eigenvalue weighted by Crippen LogP contribution is 2.27. The Labute approximate surface area is 100 Å². The van der Waals surface area contributed by atoms with Gasteiger partial charge in [0.25, 0.3) is 0 Å². The number of carbonyl (C=O) groups is 1. The number of rotatable bonds is 2. The number of anilines is 1. The second kappa shape index (κ2) is 4.31. The Morgan fingerprint density at radius 1 is 1.41 bits per heavy atom. The van der Waals surface area contributed by atoms with Crippen LogP contribution in [-0.2, 0) is 4.79 Å². The number of nitrogens with zero attached hydrogens (tertiary/aromatic N) is 3. The summed E-state index contributed by atoms with van der Waals surface area (Å²) in [5.74, 6) is -0.400. The molecule has 2 rings (SSSR count). The van der Waals surface area contributed by atoms with Gasteiger partial charge in [-0.3, -0.25) is 4.79 Å². The summed E-state index contributed by atoms with van der Waals surface area (Å²) < 4.78 is 0. The Kier molecular flexibility index (Phi) is 3.00. The third-order valence-electron chi connectivity index (χ3n) is 3.30. The molecule has 2 heterocycles. The summed E-state index contributed by atoms with van der Waals surface area (Å²) in [5.41, 5.74) is 1.83. The fourth-order valence-corrected chi connectivity index (χ4v) is 2.39. The minimum Gasteiger partial charge on any atom is -0.481 e. The summed E-state index contributed by atoms with van der Waals surface area (Å²) in [7, 11) is 0. The molecule has 5 heteroatoms. The van der Waals surface area contributed by atoms with Crippen molar-refractivity contribution in [3.8, 4) is 0 Å². The fourth-order valence-electron chi connectivity index (χ4n) is 2.39. The van der Waals surface area contributed by atoms with Gasteiger partial charge in [0.1, 0.15) is 0 Å². The van der Waals surface area contributed by atoms with Gasteiger partial charge in [-0.05, 0) is 33.3 Å². The van der Waals surface area contributed by atoms with E-state index in [1.165, 1.54) is 0 Å². The summed E-state index contributed by atoms with van der Waals surface area (Å²) >= 11 is 0. The molecular weight excluding hydrogens is 218 g/mol. The first kappa shape index (κ1) is 11.8. The SMILES string of the molecule is Cc1cc(C)nc(N2CCC(C(=O)O)C2C)n1. The lowest BCUT2D eigenvalue weighted by Crippen LogP contribution is -2.34. The van der Waals surface area contributed by atoms with Crippen LogP contribution in [0.3, 0.4) is 0 Å². The highest BCUT2D eigenvalue weighted by molar-refractivity contribution is 5.72. The van der Waals surface area contributed by atoms with Crippen LogP contribution in [0.2, 0.25) is 0 Å². The second-order valence-electron chi connectivity index (χ2n) is 4.62. The first-order valence-electron chi connectivity index (χ1n) is 5.81. The number of aryl methyl sites for hydroxylation is 2. The van der Waals surface area contributed by atoms with Gasteiger partial charge < -0.3 is 10.0 Å². The van der Waals surface area contributed by atoms with Crippen molar-refractivity contribution in [2.45, 2.75) is 33.2 Å². The molecule has 0 radical (unpaired) electrons. The molecule has 1 saturated heterocycles. The number of aromatic nitrogens is 2. The highest BCUT2D eigenvalue weighted by Gasteiger charge is 2.36. The van der Waals surface area contributed by atoms with Gasteiger partial charge in [-0.25, -0.2) is 9.97 Å². The van der Waals surface area contributed by atoms with E-state index in [4.69, 9.17) is 5.11 Å². The first-order valence-corrected chi connectivity index (χ1v) is 5.81. The average molecular weight is 235 g/mol. The van der Waals surface area contributed by atoms with Crippen LogP contribution in [0.5, 0.6) is 0 Å². The van der Waals surface area contributed by atoms with Crippen molar-refractivity contribution < 1.29 is 9.90 Å². The maximum atomic E-state index is 11.1. The van der Waals surface area contributed by atoms with Crippen LogP contribution >= 0.6 is 0 Å². The van der Waals surface area contributed by atoms with Gasteiger partial charge in [0.15, 0.2) is 0 Å². The molecular formula is C12H17N3O2. The van der Waals surface area contributed by atoms with E-state index in [0.29, 0.717) is 18.9 Å². The maximum Gasteiger partial charge on any atom is 0.308 e. The molecule has 0 bridgehead atoms. The average Bonchev–Trinajstić information content (AvgIpc) is 2.58. The predicted molar refractivity (Wildman–Crippen MR) is 64.1 cm³/mol. The van der Waals surface area contributed by atoms with Crippen LogP contribution in [0.15, 0.2) is 6.07 Å². The maximum absolute atomic E-state index is 11.1. The molecule has 1 fully saturated rings. The van der Waals surface area contributed by atoms with Gasteiger partial charge in [-0.1, -0.05) is 0 Å². The highest BCUT2D eigenvalue weighted by atomic mass is 16.4. The molecule has 2 atom stereocenters. The monoisotopic (exact) mass is 235 g/mol. The lowest BCUT2D eigenvalue weighted by atomic mass is 10.0. The predicted octanol–water partition coefficient (Wildman–Crippen LogP) is 1.39. The van der Waals surface area contributed by atoms with E-state index in [0.717, 1.165) is 11.4 Å². The number of aliphatic carboxylic acids is 1. The molecule has 1 aliphatic rings. The van der Waals surface area contributed by atoms with Crippen molar-refractivity contribution in [1.29, 1.82) is 0 Å². The van der Waals surface area contributed by atoms with Gasteiger partial charge in [-0.2, -0.15) is 0 Å². The number of hydrogen-bond acceptors (Lipinski definition) is 4. The lowest BCUT2D eigenvalue weighted by Gasteiger charge is -2.23. The molecule has 0 aromatic carbocycles. The molecule has 0 spiro atoms. The Morgan fingerprint density at radius 2 is 2.00 bits per heavy atom. The lowest BCUT2D eigenvalue weighted by molar-refractivity contribution is -0.141. The smallest absolute Gasteiger partial charge is 0.308 e. The van der Waals surface area contributed by atoms with Gasteiger partial charge in [0, 0.05) is 24.0 Å². The molecule has 92 valence electrons. The van der Waals surface area contributed by atoms with Crippen LogP contribution in [-0.4, -0.2) is 33.6 Å². The molecule has 0 aliphatic carbocycles. The molecule has 2 unspecified atom stereocenters. The van der Waals surface area contributed by atoms with Crippen molar-refractivity contribution in [1.82, 2.24) is 9.97 Å². The van der Waals surface area contributed by atoms with E-state index >= 15 is 0 Å². The van der Waals surface area contributed by atoms with Crippen molar-refractivity contribution in [2.24, 2.45) is 5.92 Å². The quantitative estimate of drug-likeness (QED) is 0.839. The van der Waals surface area contributed by atoms with Crippen LogP contribution in [0.1, 0.15) is 24.7 Å². The van der Waals surface area contributed by atoms with Gasteiger partial charge in [-0.15, -0.1) is 0 Å². The van der Waals surface area contributed by atoms with Crippen LogP contribution in [0, 0.1) is 19.8 Å². The van der Waals surface area contributed by atoms with Gasteiger partial charge in [0.05, 0.1) is 5.92 Å². The number of carboxylic acid groups (broad SMARTS) is 1. The van der Waals surface area contributed by atoms with Crippen LogP contribution in [0.25, 0.3) is 0 Å². The summed E-state index contributed by atoms with van der Waals surface area (Å²) in [6, 6.07) is 1.87. The Hall–Kier alpha value is -1.65. The summed E-state index contributed by atoms with van der Waals surface area (Å²) in [5, 5.41) is 9.09. The molecule has 17 heavy (non-hydrogen) atoms. The molecule has 1 aromatic heterocycles. The zero-order valence-electron chi connectivity index (χ0n) is 10.3. The molecule has 5 nitrogen and oxygen atoms in total. The third kappa shape index (κ3) is 2.23. The number of carboxylic acids is 1. The van der Waals surface area contributed by atoms with E-state index in [1.54, 1.807) is 0 Å². The standard InChI is InChI=1S/C12H17N3O2/c1-7-6-8(2)14-12(13-7)15-5-4-10(9(15)3)11(16)17/h6,9-10H,4-5H2,1-3H3,(H,16,17). The molecule has 1 aromatic rings. The molecule has 0 saturated carbocycles. The summed E-state index contributed by atoms with van der Waals surface area (Å²) in [6.45, 7) is 6.48. The summed E-state index contributed by atoms with van der Waals surface area (Å²) in [4.78, 5) is 21.8. The minimum atomic E-state index is -0.732. The normalized spacial score (nSPS) is 24.1. The van der Waals surface area contributed by atoms with Crippen molar-refractivity contribution in [3.63, 3.8) is 0 Å². The van der Waals surface area contributed by atoms with Gasteiger partial charge >= 0.3 is 5.97 Å². The Morgan fingerprint density at radius 3 is 2.47 bits per heavy atom. The van der Waals surface area contributed by atoms with Crippen molar-refractivity contribution >= 4 is 11.9 Å². The Bertz CT molecular complexity index is 427. The minimum absolute atomic E-state index is 0.0475. The van der Waals surface area contributed by atoms with E-state index < -0.39 is 5.97 Å². The number of hydrogen-bond donors (Lipinski definition) is 1. The van der Waals surface area contributed by atoms with Crippen LogP contribution in [0.4, 0.5) is 5.95 Å². The zero-order chi connectivity index (χ0) is 12.6. The second-order valence-corrected chi connectivity index (χ2v) is 4.62. The third-order valence-corrected chi connectivity index (χ3v) is 3.30. The molecule has 1 N–H and O–H groups in total. The largest absolute Gasteiger partial charge is 0.481 e. The molecule has 1 aliphatic heterocycles.